The molecule has 0 amide bonds. The summed E-state index contributed by atoms with van der Waals surface area (Å²) >= 11 is 15.5. The Morgan fingerprint density at radius 1 is 1.29 bits per heavy atom. The van der Waals surface area contributed by atoms with E-state index in [9.17, 15) is 0 Å². The fraction of sp³-hybridized carbons (Fsp3) is 0.100. The van der Waals surface area contributed by atoms with Crippen LogP contribution in [0, 0.1) is 6.92 Å². The second-order valence-electron chi connectivity index (χ2n) is 2.96. The van der Waals surface area contributed by atoms with Crippen molar-refractivity contribution in [1.82, 2.24) is 4.98 Å². The van der Waals surface area contributed by atoms with Crippen molar-refractivity contribution in [1.29, 1.82) is 0 Å². The minimum absolute atomic E-state index is 0.639. The van der Waals surface area contributed by atoms with Gasteiger partial charge in [0.25, 0.3) is 0 Å². The van der Waals surface area contributed by atoms with Gasteiger partial charge < -0.3 is 0 Å². The van der Waals surface area contributed by atoms with Crippen LogP contribution in [0.3, 0.4) is 0 Å². The third-order valence-corrected chi connectivity index (χ3v) is 3.83. The van der Waals surface area contributed by atoms with E-state index in [-0.39, 0.29) is 0 Å². The van der Waals surface area contributed by atoms with Gasteiger partial charge in [-0.05, 0) is 28.9 Å². The zero-order chi connectivity index (χ0) is 10.3. The highest BCUT2D eigenvalue weighted by molar-refractivity contribution is 9.10. The summed E-state index contributed by atoms with van der Waals surface area (Å²) in [6, 6.07) is 5.63. The first-order valence-corrected chi connectivity index (χ1v) is 5.56. The van der Waals surface area contributed by atoms with Gasteiger partial charge >= 0.3 is 0 Å². The summed E-state index contributed by atoms with van der Waals surface area (Å²) < 4.78 is 0.851. The monoisotopic (exact) mass is 289 g/mol. The van der Waals surface area contributed by atoms with E-state index in [1.165, 1.54) is 0 Å². The van der Waals surface area contributed by atoms with Crippen molar-refractivity contribution in [2.45, 2.75) is 6.92 Å². The van der Waals surface area contributed by atoms with Crippen molar-refractivity contribution < 1.29 is 0 Å². The normalized spacial score (nSPS) is 10.9. The average molecular weight is 291 g/mol. The Bertz CT molecular complexity index is 511. The van der Waals surface area contributed by atoms with Gasteiger partial charge in [0, 0.05) is 9.86 Å². The molecule has 2 aromatic rings. The lowest BCUT2D eigenvalue weighted by Gasteiger charge is -2.06. The number of aryl methyl sites for hydroxylation is 1. The molecule has 0 radical (unpaired) electrons. The maximum Gasteiger partial charge on any atom is 0.0903 e. The fourth-order valence-corrected chi connectivity index (χ4v) is 2.27. The molecule has 2 rings (SSSR count). The van der Waals surface area contributed by atoms with Gasteiger partial charge in [0.05, 0.1) is 21.3 Å². The van der Waals surface area contributed by atoms with E-state index >= 15 is 0 Å². The van der Waals surface area contributed by atoms with E-state index in [4.69, 9.17) is 23.2 Å². The highest BCUT2D eigenvalue weighted by Gasteiger charge is 2.09. The Balaban J connectivity index is 2.98. The second kappa shape index (κ2) is 3.69. The molecule has 0 saturated heterocycles. The lowest BCUT2D eigenvalue weighted by Crippen LogP contribution is -1.88. The minimum atomic E-state index is 0.639. The molecule has 1 nitrogen and oxygen atoms in total. The van der Waals surface area contributed by atoms with Crippen molar-refractivity contribution in [2.24, 2.45) is 0 Å². The first kappa shape index (κ1) is 10.2. The van der Waals surface area contributed by atoms with E-state index in [0.29, 0.717) is 10.0 Å². The molecule has 4 heteroatoms. The van der Waals surface area contributed by atoms with Gasteiger partial charge in [-0.1, -0.05) is 35.3 Å². The summed E-state index contributed by atoms with van der Waals surface area (Å²) in [6.07, 6.45) is 0. The summed E-state index contributed by atoms with van der Waals surface area (Å²) in [5.41, 5.74) is 1.56. The number of nitrogens with zero attached hydrogens (tertiary/aromatic N) is 1. The number of aromatic nitrogens is 1. The number of rotatable bonds is 0. The summed E-state index contributed by atoms with van der Waals surface area (Å²) in [5, 5.41) is 2.22. The van der Waals surface area contributed by atoms with Crippen molar-refractivity contribution in [3.8, 4) is 0 Å². The van der Waals surface area contributed by atoms with Gasteiger partial charge in [-0.15, -0.1) is 0 Å². The zero-order valence-electron chi connectivity index (χ0n) is 7.31. The standard InChI is InChI=1S/C10H6BrCl2N/c1-5-9(13)8(11)6-3-2-4-7(12)10(6)14-5/h2-4H,1H3. The first-order valence-electron chi connectivity index (χ1n) is 4.01. The molecule has 0 atom stereocenters. The first-order chi connectivity index (χ1) is 6.61. The van der Waals surface area contributed by atoms with Crippen LogP contribution in [-0.2, 0) is 0 Å². The highest BCUT2D eigenvalue weighted by Crippen LogP contribution is 2.34. The minimum Gasteiger partial charge on any atom is -0.250 e. The predicted molar refractivity (Wildman–Crippen MR) is 64.2 cm³/mol. The van der Waals surface area contributed by atoms with Gasteiger partial charge in [-0.25, -0.2) is 4.98 Å². The third-order valence-electron chi connectivity index (χ3n) is 2.01. The van der Waals surface area contributed by atoms with E-state index in [0.717, 1.165) is 21.1 Å². The maximum absolute atomic E-state index is 6.06. The van der Waals surface area contributed by atoms with Crippen LogP contribution in [-0.4, -0.2) is 4.98 Å². The van der Waals surface area contributed by atoms with Gasteiger partial charge in [0.2, 0.25) is 0 Å². The SMILES string of the molecule is Cc1nc2c(Cl)cccc2c(Br)c1Cl. The van der Waals surface area contributed by atoms with Crippen LogP contribution >= 0.6 is 39.1 Å². The number of halogens is 3. The number of pyridine rings is 1. The Morgan fingerprint density at radius 2 is 2.00 bits per heavy atom. The Labute approximate surface area is 100 Å². The predicted octanol–water partition coefficient (Wildman–Crippen LogP) is 4.61. The van der Waals surface area contributed by atoms with E-state index in [2.05, 4.69) is 20.9 Å². The lowest BCUT2D eigenvalue weighted by molar-refractivity contribution is 1.25. The quantitative estimate of drug-likeness (QED) is 0.690. The topological polar surface area (TPSA) is 12.9 Å². The maximum atomic E-state index is 6.06. The van der Waals surface area contributed by atoms with Crippen molar-refractivity contribution in [3.63, 3.8) is 0 Å². The number of fused-ring (bicyclic) bond motifs is 1. The van der Waals surface area contributed by atoms with Crippen LogP contribution in [0.15, 0.2) is 22.7 Å². The highest BCUT2D eigenvalue weighted by atomic mass is 79.9. The molecule has 0 bridgehead atoms. The van der Waals surface area contributed by atoms with E-state index in [1.807, 2.05) is 25.1 Å². The van der Waals surface area contributed by atoms with Gasteiger partial charge in [0.1, 0.15) is 0 Å². The molecule has 1 aromatic carbocycles. The van der Waals surface area contributed by atoms with Crippen molar-refractivity contribution in [3.05, 3.63) is 38.4 Å². The molecule has 72 valence electrons. The molecule has 0 N–H and O–H groups in total. The molecule has 0 aliphatic carbocycles. The summed E-state index contributed by atoms with van der Waals surface area (Å²) in [6.45, 7) is 1.86. The van der Waals surface area contributed by atoms with Crippen LogP contribution in [0.5, 0.6) is 0 Å². The summed E-state index contributed by atoms with van der Waals surface area (Å²) in [7, 11) is 0. The lowest BCUT2D eigenvalue weighted by atomic mass is 10.2. The number of para-hydroxylation sites is 1. The van der Waals surface area contributed by atoms with Crippen LogP contribution < -0.4 is 0 Å². The average Bonchev–Trinajstić information content (AvgIpc) is 2.17. The van der Waals surface area contributed by atoms with Crippen LogP contribution in [0.1, 0.15) is 5.69 Å². The Hall–Kier alpha value is -0.310. The fourth-order valence-electron chi connectivity index (χ4n) is 1.30. The molecule has 0 aliphatic heterocycles. The number of hydrogen-bond acceptors (Lipinski definition) is 1. The molecule has 0 fully saturated rings. The van der Waals surface area contributed by atoms with Crippen molar-refractivity contribution >= 4 is 50.0 Å². The molecule has 0 saturated carbocycles. The molecule has 0 unspecified atom stereocenters. The molecule has 1 heterocycles. The van der Waals surface area contributed by atoms with Gasteiger partial charge in [-0.2, -0.15) is 0 Å². The Kier molecular flexibility index (Phi) is 2.69. The summed E-state index contributed by atoms with van der Waals surface area (Å²) in [5.74, 6) is 0. The van der Waals surface area contributed by atoms with Crippen LogP contribution in [0.4, 0.5) is 0 Å². The van der Waals surface area contributed by atoms with E-state index < -0.39 is 0 Å². The van der Waals surface area contributed by atoms with Crippen LogP contribution in [0.25, 0.3) is 10.9 Å². The van der Waals surface area contributed by atoms with Crippen LogP contribution in [0.2, 0.25) is 10.0 Å². The largest absolute Gasteiger partial charge is 0.250 e. The second-order valence-corrected chi connectivity index (χ2v) is 4.54. The van der Waals surface area contributed by atoms with Gasteiger partial charge in [-0.3, -0.25) is 0 Å². The molecular formula is C10H6BrCl2N. The number of benzene rings is 1. The van der Waals surface area contributed by atoms with Crippen molar-refractivity contribution in [2.75, 3.05) is 0 Å². The molecule has 0 spiro atoms. The Morgan fingerprint density at radius 3 is 2.71 bits per heavy atom. The summed E-state index contributed by atoms with van der Waals surface area (Å²) in [4.78, 5) is 4.34. The van der Waals surface area contributed by atoms with E-state index in [1.54, 1.807) is 0 Å². The molecule has 0 aliphatic rings. The van der Waals surface area contributed by atoms with Gasteiger partial charge in [0.15, 0.2) is 0 Å². The smallest absolute Gasteiger partial charge is 0.0903 e. The zero-order valence-corrected chi connectivity index (χ0v) is 10.4. The third kappa shape index (κ3) is 1.52. The molecular weight excluding hydrogens is 285 g/mol. The molecule has 14 heavy (non-hydrogen) atoms. The molecule has 1 aromatic heterocycles. The number of hydrogen-bond donors (Lipinski definition) is 0.